The molecule has 0 aliphatic heterocycles. The fourth-order valence-electron chi connectivity index (χ4n) is 1.35. The fourth-order valence-corrected chi connectivity index (χ4v) is 2.76. The highest BCUT2D eigenvalue weighted by Gasteiger charge is 2.16. The van der Waals surface area contributed by atoms with Gasteiger partial charge in [-0.2, -0.15) is 0 Å². The number of hydrogen-bond donors (Lipinski definition) is 2. The van der Waals surface area contributed by atoms with E-state index in [9.17, 15) is 8.42 Å². The van der Waals surface area contributed by atoms with Crippen LogP contribution in [0.4, 0.5) is 0 Å². The molecule has 1 rings (SSSR count). The summed E-state index contributed by atoms with van der Waals surface area (Å²) in [5.74, 6) is 0.307. The maximum absolute atomic E-state index is 12.0. The smallest absolute Gasteiger partial charge is 0.240 e. The van der Waals surface area contributed by atoms with Crippen molar-refractivity contribution in [1.29, 1.82) is 0 Å². The largest absolute Gasteiger partial charge is 0.326 e. The minimum atomic E-state index is -3.48. The number of rotatable bonds is 6. The highest BCUT2D eigenvalue weighted by atomic mass is 35.5. The second kappa shape index (κ2) is 6.52. The molecule has 1 aromatic rings. The van der Waals surface area contributed by atoms with E-state index in [0.29, 0.717) is 23.0 Å². The Morgan fingerprint density at radius 2 is 2.11 bits per heavy atom. The molecule has 0 amide bonds. The first-order valence-electron chi connectivity index (χ1n) is 5.88. The maximum atomic E-state index is 12.0. The van der Waals surface area contributed by atoms with E-state index in [1.54, 1.807) is 6.07 Å². The summed E-state index contributed by atoms with van der Waals surface area (Å²) in [6.07, 6.45) is 0.928. The number of benzene rings is 1. The Kier molecular flexibility index (Phi) is 5.59. The first-order chi connectivity index (χ1) is 8.40. The Morgan fingerprint density at radius 1 is 1.44 bits per heavy atom. The molecule has 0 saturated heterocycles. The molecule has 0 fully saturated rings. The standard InChI is InChI=1S/C12H19ClN2O2S/c1-3-9(2)8-15-18(16,17)11-4-5-12(13)10(6-11)7-14/h4-6,9,15H,3,7-8,14H2,1-2H3. The van der Waals surface area contributed by atoms with Gasteiger partial charge in [-0.05, 0) is 29.7 Å². The Morgan fingerprint density at radius 3 is 2.67 bits per heavy atom. The summed E-state index contributed by atoms with van der Waals surface area (Å²) in [5, 5.41) is 0.485. The van der Waals surface area contributed by atoms with Crippen molar-refractivity contribution in [2.24, 2.45) is 11.7 Å². The molecule has 3 N–H and O–H groups in total. The molecule has 0 heterocycles. The van der Waals surface area contributed by atoms with Gasteiger partial charge in [0, 0.05) is 18.1 Å². The van der Waals surface area contributed by atoms with E-state index < -0.39 is 10.0 Å². The molecule has 0 saturated carbocycles. The SMILES string of the molecule is CCC(C)CNS(=O)(=O)c1ccc(Cl)c(CN)c1. The van der Waals surface area contributed by atoms with Crippen molar-refractivity contribution in [3.63, 3.8) is 0 Å². The van der Waals surface area contributed by atoms with Gasteiger partial charge in [0.1, 0.15) is 0 Å². The lowest BCUT2D eigenvalue weighted by Crippen LogP contribution is -2.28. The molecule has 0 aliphatic rings. The van der Waals surface area contributed by atoms with E-state index >= 15 is 0 Å². The van der Waals surface area contributed by atoms with E-state index in [0.717, 1.165) is 6.42 Å². The van der Waals surface area contributed by atoms with Crippen LogP contribution in [0.5, 0.6) is 0 Å². The van der Waals surface area contributed by atoms with Crippen LogP contribution in [0.25, 0.3) is 0 Å². The van der Waals surface area contributed by atoms with Gasteiger partial charge in [-0.15, -0.1) is 0 Å². The monoisotopic (exact) mass is 290 g/mol. The molecular formula is C12H19ClN2O2S. The molecule has 18 heavy (non-hydrogen) atoms. The minimum absolute atomic E-state index is 0.204. The minimum Gasteiger partial charge on any atom is -0.326 e. The van der Waals surface area contributed by atoms with Gasteiger partial charge in [-0.3, -0.25) is 0 Å². The Labute approximate surface area is 114 Å². The summed E-state index contributed by atoms with van der Waals surface area (Å²) >= 11 is 5.90. The van der Waals surface area contributed by atoms with Gasteiger partial charge in [-0.1, -0.05) is 31.9 Å². The number of halogens is 1. The summed E-state index contributed by atoms with van der Waals surface area (Å²) in [7, 11) is -3.48. The summed E-state index contributed by atoms with van der Waals surface area (Å²) in [6.45, 7) is 4.66. The average molecular weight is 291 g/mol. The molecular weight excluding hydrogens is 272 g/mol. The molecule has 1 aromatic carbocycles. The average Bonchev–Trinajstić information content (AvgIpc) is 2.36. The topological polar surface area (TPSA) is 72.2 Å². The van der Waals surface area contributed by atoms with Crippen LogP contribution >= 0.6 is 11.6 Å². The molecule has 0 bridgehead atoms. The van der Waals surface area contributed by atoms with E-state index in [-0.39, 0.29) is 11.4 Å². The number of nitrogens with one attached hydrogen (secondary N) is 1. The fraction of sp³-hybridized carbons (Fsp3) is 0.500. The van der Waals surface area contributed by atoms with Gasteiger partial charge >= 0.3 is 0 Å². The van der Waals surface area contributed by atoms with Gasteiger partial charge in [0.05, 0.1) is 4.90 Å². The first kappa shape index (κ1) is 15.4. The van der Waals surface area contributed by atoms with Gasteiger partial charge < -0.3 is 5.73 Å². The molecule has 1 atom stereocenters. The van der Waals surface area contributed by atoms with Crippen molar-refractivity contribution in [2.45, 2.75) is 31.7 Å². The quantitative estimate of drug-likeness (QED) is 0.843. The normalized spacial score (nSPS) is 13.6. The van der Waals surface area contributed by atoms with Crippen LogP contribution in [-0.4, -0.2) is 15.0 Å². The van der Waals surface area contributed by atoms with Gasteiger partial charge in [0.15, 0.2) is 0 Å². The molecule has 6 heteroatoms. The third kappa shape index (κ3) is 3.95. The summed E-state index contributed by atoms with van der Waals surface area (Å²) in [5.41, 5.74) is 6.13. The second-order valence-corrected chi connectivity index (χ2v) is 6.50. The van der Waals surface area contributed by atoms with Crippen LogP contribution in [0.3, 0.4) is 0 Å². The van der Waals surface area contributed by atoms with Crippen molar-refractivity contribution in [3.05, 3.63) is 28.8 Å². The van der Waals surface area contributed by atoms with Crippen LogP contribution in [0, 0.1) is 5.92 Å². The first-order valence-corrected chi connectivity index (χ1v) is 7.75. The van der Waals surface area contributed by atoms with Crippen LogP contribution in [-0.2, 0) is 16.6 Å². The van der Waals surface area contributed by atoms with Gasteiger partial charge in [0.2, 0.25) is 10.0 Å². The zero-order valence-corrected chi connectivity index (χ0v) is 12.2. The third-order valence-corrected chi connectivity index (χ3v) is 4.66. The van der Waals surface area contributed by atoms with Crippen molar-refractivity contribution < 1.29 is 8.42 Å². The lowest BCUT2D eigenvalue weighted by Gasteiger charge is -2.12. The van der Waals surface area contributed by atoms with E-state index in [4.69, 9.17) is 17.3 Å². The molecule has 1 unspecified atom stereocenters. The van der Waals surface area contributed by atoms with Crippen molar-refractivity contribution in [2.75, 3.05) is 6.54 Å². The van der Waals surface area contributed by atoms with Crippen LogP contribution < -0.4 is 10.5 Å². The highest BCUT2D eigenvalue weighted by Crippen LogP contribution is 2.20. The van der Waals surface area contributed by atoms with Gasteiger partial charge in [0.25, 0.3) is 0 Å². The lowest BCUT2D eigenvalue weighted by molar-refractivity contribution is 0.528. The number of nitrogens with two attached hydrogens (primary N) is 1. The van der Waals surface area contributed by atoms with Crippen LogP contribution in [0.15, 0.2) is 23.1 Å². The van der Waals surface area contributed by atoms with Gasteiger partial charge in [-0.25, -0.2) is 13.1 Å². The number of hydrogen-bond acceptors (Lipinski definition) is 3. The molecule has 0 aromatic heterocycles. The molecule has 0 radical (unpaired) electrons. The summed E-state index contributed by atoms with van der Waals surface area (Å²) in [6, 6.07) is 4.56. The van der Waals surface area contributed by atoms with Crippen molar-refractivity contribution >= 4 is 21.6 Å². The Balaban J connectivity index is 2.91. The zero-order valence-electron chi connectivity index (χ0n) is 10.6. The van der Waals surface area contributed by atoms with Crippen LogP contribution in [0.1, 0.15) is 25.8 Å². The molecule has 4 nitrogen and oxygen atoms in total. The predicted molar refractivity (Wildman–Crippen MR) is 74.0 cm³/mol. The second-order valence-electron chi connectivity index (χ2n) is 4.32. The van der Waals surface area contributed by atoms with Crippen LogP contribution in [0.2, 0.25) is 5.02 Å². The Bertz CT molecular complexity index is 503. The molecule has 0 aliphatic carbocycles. The summed E-state index contributed by atoms with van der Waals surface area (Å²) < 4.78 is 26.7. The molecule has 102 valence electrons. The highest BCUT2D eigenvalue weighted by molar-refractivity contribution is 7.89. The zero-order chi connectivity index (χ0) is 13.8. The van der Waals surface area contributed by atoms with Crippen molar-refractivity contribution in [3.8, 4) is 0 Å². The predicted octanol–water partition coefficient (Wildman–Crippen LogP) is 2.12. The Hall–Kier alpha value is -0.620. The third-order valence-electron chi connectivity index (χ3n) is 2.87. The van der Waals surface area contributed by atoms with E-state index in [2.05, 4.69) is 4.72 Å². The number of sulfonamides is 1. The maximum Gasteiger partial charge on any atom is 0.240 e. The van der Waals surface area contributed by atoms with Crippen molar-refractivity contribution in [1.82, 2.24) is 4.72 Å². The van der Waals surface area contributed by atoms with E-state index in [1.807, 2.05) is 13.8 Å². The van der Waals surface area contributed by atoms with E-state index in [1.165, 1.54) is 12.1 Å². The summed E-state index contributed by atoms with van der Waals surface area (Å²) in [4.78, 5) is 0.204. The molecule has 0 spiro atoms. The lowest BCUT2D eigenvalue weighted by atomic mass is 10.1.